The van der Waals surface area contributed by atoms with Crippen molar-refractivity contribution in [2.75, 3.05) is 5.43 Å². The fourth-order valence-electron chi connectivity index (χ4n) is 1.64. The Morgan fingerprint density at radius 1 is 1.14 bits per heavy atom. The SMILES string of the molecule is O=C(O)c1cccc(N/N=C/C(Br)=C/c2ccccc2)c1. The molecule has 0 aromatic heterocycles. The summed E-state index contributed by atoms with van der Waals surface area (Å²) < 4.78 is 0.801. The molecule has 4 nitrogen and oxygen atoms in total. The van der Waals surface area contributed by atoms with Crippen molar-refractivity contribution in [2.45, 2.75) is 0 Å². The number of carboxylic acid groups (broad SMARTS) is 1. The molecule has 0 aliphatic rings. The molecule has 0 spiro atoms. The van der Waals surface area contributed by atoms with Gasteiger partial charge in [-0.25, -0.2) is 4.79 Å². The van der Waals surface area contributed by atoms with E-state index in [-0.39, 0.29) is 5.56 Å². The Kier molecular flexibility index (Phi) is 5.29. The Morgan fingerprint density at radius 3 is 2.62 bits per heavy atom. The van der Waals surface area contributed by atoms with E-state index in [2.05, 4.69) is 26.5 Å². The van der Waals surface area contributed by atoms with Crippen LogP contribution in [0, 0.1) is 0 Å². The molecule has 5 heteroatoms. The highest BCUT2D eigenvalue weighted by molar-refractivity contribution is 9.12. The number of nitrogens with zero attached hydrogens (tertiary/aromatic N) is 1. The number of hydrogen-bond donors (Lipinski definition) is 2. The number of rotatable bonds is 5. The normalized spacial score (nSPS) is 11.6. The molecule has 0 radical (unpaired) electrons. The van der Waals surface area contributed by atoms with Crippen molar-refractivity contribution in [3.8, 4) is 0 Å². The first-order valence-electron chi connectivity index (χ1n) is 6.20. The summed E-state index contributed by atoms with van der Waals surface area (Å²) in [6, 6.07) is 16.3. The zero-order valence-corrected chi connectivity index (χ0v) is 12.6. The topological polar surface area (TPSA) is 61.7 Å². The largest absolute Gasteiger partial charge is 0.478 e. The maximum absolute atomic E-state index is 10.9. The smallest absolute Gasteiger partial charge is 0.335 e. The van der Waals surface area contributed by atoms with Crippen LogP contribution in [0.5, 0.6) is 0 Å². The van der Waals surface area contributed by atoms with Crippen LogP contribution in [0.3, 0.4) is 0 Å². The van der Waals surface area contributed by atoms with Crippen LogP contribution in [-0.2, 0) is 0 Å². The molecule has 106 valence electrons. The molecular formula is C16H13BrN2O2. The quantitative estimate of drug-likeness (QED) is 0.630. The molecule has 2 N–H and O–H groups in total. The summed E-state index contributed by atoms with van der Waals surface area (Å²) in [7, 11) is 0. The standard InChI is InChI=1S/C16H13BrN2O2/c17-14(9-12-5-2-1-3-6-12)11-18-19-15-8-4-7-13(10-15)16(20)21/h1-11,19H,(H,20,21)/b14-9-,18-11+. The van der Waals surface area contributed by atoms with Gasteiger partial charge in [0.05, 0.1) is 17.5 Å². The van der Waals surface area contributed by atoms with E-state index in [4.69, 9.17) is 5.11 Å². The minimum atomic E-state index is -0.965. The number of nitrogens with one attached hydrogen (secondary N) is 1. The van der Waals surface area contributed by atoms with E-state index in [0.717, 1.165) is 10.0 Å². The van der Waals surface area contributed by atoms with E-state index in [1.807, 2.05) is 36.4 Å². The lowest BCUT2D eigenvalue weighted by atomic mass is 10.2. The first kappa shape index (κ1) is 15.0. The summed E-state index contributed by atoms with van der Waals surface area (Å²) in [5.41, 5.74) is 4.68. The molecule has 0 saturated heterocycles. The van der Waals surface area contributed by atoms with Crippen LogP contribution in [0.4, 0.5) is 5.69 Å². The molecule has 0 fully saturated rings. The van der Waals surface area contributed by atoms with E-state index in [9.17, 15) is 4.79 Å². The summed E-state index contributed by atoms with van der Waals surface area (Å²) in [4.78, 5) is 10.9. The summed E-state index contributed by atoms with van der Waals surface area (Å²) >= 11 is 3.40. The molecular weight excluding hydrogens is 332 g/mol. The van der Waals surface area contributed by atoms with Crippen LogP contribution in [0.1, 0.15) is 15.9 Å². The molecule has 0 aliphatic heterocycles. The summed E-state index contributed by atoms with van der Waals surface area (Å²) in [5.74, 6) is -0.965. The second kappa shape index (κ2) is 7.40. The van der Waals surface area contributed by atoms with Crippen LogP contribution in [0.15, 0.2) is 64.2 Å². The highest BCUT2D eigenvalue weighted by Gasteiger charge is 2.01. The predicted octanol–water partition coefficient (Wildman–Crippen LogP) is 4.22. The summed E-state index contributed by atoms with van der Waals surface area (Å²) in [5, 5.41) is 13.0. The molecule has 21 heavy (non-hydrogen) atoms. The van der Waals surface area contributed by atoms with Gasteiger partial charge in [0, 0.05) is 4.48 Å². The lowest BCUT2D eigenvalue weighted by Crippen LogP contribution is -1.97. The molecule has 0 bridgehead atoms. The van der Waals surface area contributed by atoms with Gasteiger partial charge in [-0.3, -0.25) is 5.43 Å². The predicted molar refractivity (Wildman–Crippen MR) is 88.9 cm³/mol. The highest BCUT2D eigenvalue weighted by atomic mass is 79.9. The summed E-state index contributed by atoms with van der Waals surface area (Å²) in [6.07, 6.45) is 3.54. The number of aromatic carboxylic acids is 1. The first-order valence-corrected chi connectivity index (χ1v) is 6.99. The van der Waals surface area contributed by atoms with Gasteiger partial charge in [-0.05, 0) is 45.8 Å². The fourth-order valence-corrected chi connectivity index (χ4v) is 2.00. The highest BCUT2D eigenvalue weighted by Crippen LogP contribution is 2.12. The van der Waals surface area contributed by atoms with Gasteiger partial charge >= 0.3 is 5.97 Å². The van der Waals surface area contributed by atoms with Crippen molar-refractivity contribution in [2.24, 2.45) is 5.10 Å². The van der Waals surface area contributed by atoms with Crippen molar-refractivity contribution in [3.63, 3.8) is 0 Å². The van der Waals surface area contributed by atoms with E-state index < -0.39 is 5.97 Å². The van der Waals surface area contributed by atoms with E-state index >= 15 is 0 Å². The number of anilines is 1. The average molecular weight is 345 g/mol. The number of carbonyl (C=O) groups is 1. The van der Waals surface area contributed by atoms with Gasteiger partial charge in [-0.15, -0.1) is 0 Å². The maximum Gasteiger partial charge on any atom is 0.335 e. The molecule has 0 aliphatic carbocycles. The summed E-state index contributed by atoms with van der Waals surface area (Å²) in [6.45, 7) is 0. The minimum absolute atomic E-state index is 0.217. The van der Waals surface area contributed by atoms with Crippen LogP contribution in [-0.4, -0.2) is 17.3 Å². The zero-order chi connectivity index (χ0) is 15.1. The van der Waals surface area contributed by atoms with Crippen molar-refractivity contribution in [1.82, 2.24) is 0 Å². The number of hydrogen-bond acceptors (Lipinski definition) is 3. The third kappa shape index (κ3) is 4.89. The molecule has 0 saturated carbocycles. The van der Waals surface area contributed by atoms with E-state index in [1.54, 1.807) is 18.3 Å². The van der Waals surface area contributed by atoms with Gasteiger partial charge in [-0.2, -0.15) is 5.10 Å². The van der Waals surface area contributed by atoms with Crippen LogP contribution in [0.25, 0.3) is 6.08 Å². The Bertz CT molecular complexity index is 682. The van der Waals surface area contributed by atoms with Gasteiger partial charge in [0.15, 0.2) is 0 Å². The number of carboxylic acids is 1. The third-order valence-corrected chi connectivity index (χ3v) is 3.03. The Balaban J connectivity index is 2.00. The molecule has 0 amide bonds. The number of halogens is 1. The van der Waals surface area contributed by atoms with E-state index in [0.29, 0.717) is 5.69 Å². The average Bonchev–Trinajstić information content (AvgIpc) is 2.48. The number of benzene rings is 2. The monoisotopic (exact) mass is 344 g/mol. The van der Waals surface area contributed by atoms with Gasteiger partial charge in [0.1, 0.15) is 0 Å². The molecule has 2 rings (SSSR count). The number of hydrazone groups is 1. The van der Waals surface area contributed by atoms with Gasteiger partial charge in [0.2, 0.25) is 0 Å². The van der Waals surface area contributed by atoms with E-state index in [1.165, 1.54) is 12.1 Å². The number of allylic oxidation sites excluding steroid dienone is 1. The van der Waals surface area contributed by atoms with Crippen molar-refractivity contribution < 1.29 is 9.90 Å². The second-order valence-corrected chi connectivity index (χ2v) is 5.11. The zero-order valence-electron chi connectivity index (χ0n) is 11.0. The lowest BCUT2D eigenvalue weighted by molar-refractivity contribution is 0.0697. The van der Waals surface area contributed by atoms with Crippen molar-refractivity contribution in [1.29, 1.82) is 0 Å². The molecule has 0 atom stereocenters. The Morgan fingerprint density at radius 2 is 1.90 bits per heavy atom. The molecule has 2 aromatic rings. The Hall–Kier alpha value is -2.40. The maximum atomic E-state index is 10.9. The Labute approximate surface area is 130 Å². The lowest BCUT2D eigenvalue weighted by Gasteiger charge is -2.01. The van der Waals surface area contributed by atoms with Gasteiger partial charge in [-0.1, -0.05) is 36.4 Å². The second-order valence-electron chi connectivity index (χ2n) is 4.20. The van der Waals surface area contributed by atoms with Crippen molar-refractivity contribution >= 4 is 39.9 Å². The fraction of sp³-hybridized carbons (Fsp3) is 0. The third-order valence-electron chi connectivity index (χ3n) is 2.60. The minimum Gasteiger partial charge on any atom is -0.478 e. The molecule has 0 unspecified atom stereocenters. The molecule has 2 aromatic carbocycles. The van der Waals surface area contributed by atoms with Gasteiger partial charge < -0.3 is 5.11 Å². The van der Waals surface area contributed by atoms with Gasteiger partial charge in [0.25, 0.3) is 0 Å². The molecule has 0 heterocycles. The van der Waals surface area contributed by atoms with Crippen LogP contribution >= 0.6 is 15.9 Å². The van der Waals surface area contributed by atoms with Crippen LogP contribution < -0.4 is 5.43 Å². The first-order chi connectivity index (χ1) is 10.1. The van der Waals surface area contributed by atoms with Crippen LogP contribution in [0.2, 0.25) is 0 Å². The van der Waals surface area contributed by atoms with Crippen molar-refractivity contribution in [3.05, 3.63) is 70.2 Å².